The minimum atomic E-state index is -2.74. The molecule has 1 N–H and O–H groups in total. The van der Waals surface area contributed by atoms with Crippen molar-refractivity contribution < 1.29 is 22.7 Å². The largest absolute Gasteiger partial charge is 0.490 e. The van der Waals surface area contributed by atoms with Gasteiger partial charge < -0.3 is 24.3 Å². The fourth-order valence-corrected chi connectivity index (χ4v) is 3.95. The smallest absolute Gasteiger partial charge is 0.298 e. The lowest BCUT2D eigenvalue weighted by Gasteiger charge is -2.31. The molecule has 3 heterocycles. The molecule has 1 aromatic heterocycles. The summed E-state index contributed by atoms with van der Waals surface area (Å²) in [6, 6.07) is 10.5. The number of carbonyl (C=O) groups is 1. The number of hydrogen-bond donors (Lipinski definition) is 1. The molecule has 31 heavy (non-hydrogen) atoms. The molecule has 0 saturated carbocycles. The van der Waals surface area contributed by atoms with Crippen LogP contribution < -0.4 is 19.9 Å². The van der Waals surface area contributed by atoms with E-state index >= 15 is 0 Å². The van der Waals surface area contributed by atoms with Gasteiger partial charge in [0.2, 0.25) is 0 Å². The van der Waals surface area contributed by atoms with Gasteiger partial charge in [-0.15, -0.1) is 0 Å². The van der Waals surface area contributed by atoms with Gasteiger partial charge in [-0.1, -0.05) is 0 Å². The standard InChI is InChI=1S/C22H22F2N4O3/c1-27-9-10-30-19-5-3-14(11-17(19)27)20(29)25-15-4-6-18-16(12-15)26-21(31-18)28-8-2-7-22(23,24)13-28/h3-6,11-12H,2,7-10,13H2,1H3,(H,25,29). The van der Waals surface area contributed by atoms with Crippen molar-refractivity contribution in [1.29, 1.82) is 0 Å². The number of halogens is 2. The van der Waals surface area contributed by atoms with E-state index in [1.165, 1.54) is 4.90 Å². The molecule has 0 unspecified atom stereocenters. The third kappa shape index (κ3) is 3.87. The number of likely N-dealkylation sites (N-methyl/N-ethyl adjacent to an activating group) is 1. The molecule has 0 aliphatic carbocycles. The first kappa shape index (κ1) is 19.6. The molecule has 162 valence electrons. The predicted molar refractivity (Wildman–Crippen MR) is 114 cm³/mol. The quantitative estimate of drug-likeness (QED) is 0.676. The third-order valence-electron chi connectivity index (χ3n) is 5.61. The number of aromatic nitrogens is 1. The van der Waals surface area contributed by atoms with Crippen molar-refractivity contribution >= 4 is 34.4 Å². The summed E-state index contributed by atoms with van der Waals surface area (Å²) >= 11 is 0. The van der Waals surface area contributed by atoms with Gasteiger partial charge in [-0.2, -0.15) is 4.98 Å². The van der Waals surface area contributed by atoms with Gasteiger partial charge in [0.1, 0.15) is 17.9 Å². The lowest BCUT2D eigenvalue weighted by molar-refractivity contribution is -0.0127. The van der Waals surface area contributed by atoms with Gasteiger partial charge in [0.25, 0.3) is 17.8 Å². The summed E-state index contributed by atoms with van der Waals surface area (Å²) < 4.78 is 38.7. The van der Waals surface area contributed by atoms with Crippen LogP contribution >= 0.6 is 0 Å². The van der Waals surface area contributed by atoms with Crippen molar-refractivity contribution in [3.8, 4) is 5.75 Å². The Labute approximate surface area is 177 Å². The summed E-state index contributed by atoms with van der Waals surface area (Å²) in [7, 11) is 1.96. The Hall–Kier alpha value is -3.36. The number of nitrogens with one attached hydrogen (secondary N) is 1. The zero-order chi connectivity index (χ0) is 21.6. The first-order valence-corrected chi connectivity index (χ1v) is 10.2. The molecule has 0 radical (unpaired) electrons. The molecule has 2 aromatic carbocycles. The van der Waals surface area contributed by atoms with Crippen LogP contribution in [0.3, 0.4) is 0 Å². The van der Waals surface area contributed by atoms with E-state index in [1.807, 2.05) is 11.9 Å². The van der Waals surface area contributed by atoms with Crippen LogP contribution in [0.15, 0.2) is 40.8 Å². The zero-order valence-electron chi connectivity index (χ0n) is 17.0. The highest BCUT2D eigenvalue weighted by molar-refractivity contribution is 6.05. The zero-order valence-corrected chi connectivity index (χ0v) is 17.0. The molecule has 1 amide bonds. The van der Waals surface area contributed by atoms with Crippen LogP contribution in [0.2, 0.25) is 0 Å². The summed E-state index contributed by atoms with van der Waals surface area (Å²) in [5.41, 5.74) is 2.90. The number of fused-ring (bicyclic) bond motifs is 2. The van der Waals surface area contributed by atoms with Crippen molar-refractivity contribution in [2.45, 2.75) is 18.8 Å². The van der Waals surface area contributed by atoms with Crippen LogP contribution in [0, 0.1) is 0 Å². The number of hydrogen-bond acceptors (Lipinski definition) is 6. The number of alkyl halides is 2. The van der Waals surface area contributed by atoms with E-state index in [0.29, 0.717) is 41.9 Å². The summed E-state index contributed by atoms with van der Waals surface area (Å²) in [6.07, 6.45) is 0.262. The summed E-state index contributed by atoms with van der Waals surface area (Å²) in [5, 5.41) is 2.86. The average molecular weight is 428 g/mol. The van der Waals surface area contributed by atoms with Crippen molar-refractivity contribution in [3.63, 3.8) is 0 Å². The first-order chi connectivity index (χ1) is 14.9. The first-order valence-electron chi connectivity index (χ1n) is 10.2. The molecule has 7 nitrogen and oxygen atoms in total. The predicted octanol–water partition coefficient (Wildman–Crippen LogP) is 4.14. The number of rotatable bonds is 3. The monoisotopic (exact) mass is 428 g/mol. The number of amides is 1. The molecule has 2 aliphatic heterocycles. The van der Waals surface area contributed by atoms with E-state index < -0.39 is 12.5 Å². The Kier molecular flexibility index (Phi) is 4.68. The molecule has 1 fully saturated rings. The molecular formula is C22H22F2N4O3. The van der Waals surface area contributed by atoms with Gasteiger partial charge >= 0.3 is 0 Å². The number of piperidine rings is 1. The molecule has 9 heteroatoms. The number of benzene rings is 2. The van der Waals surface area contributed by atoms with Gasteiger partial charge in [-0.05, 0) is 42.8 Å². The Morgan fingerprint density at radius 2 is 2.06 bits per heavy atom. The van der Waals surface area contributed by atoms with Crippen molar-refractivity contribution in [1.82, 2.24) is 4.98 Å². The van der Waals surface area contributed by atoms with Crippen LogP contribution in [0.4, 0.5) is 26.2 Å². The van der Waals surface area contributed by atoms with E-state index in [9.17, 15) is 13.6 Å². The summed E-state index contributed by atoms with van der Waals surface area (Å²) in [4.78, 5) is 20.6. The molecule has 5 rings (SSSR count). The number of ether oxygens (including phenoxy) is 1. The topological polar surface area (TPSA) is 70.8 Å². The number of oxazole rings is 1. The molecule has 0 bridgehead atoms. The van der Waals surface area contributed by atoms with Gasteiger partial charge in [-0.25, -0.2) is 8.78 Å². The van der Waals surface area contributed by atoms with Gasteiger partial charge in [0.15, 0.2) is 5.58 Å². The highest BCUT2D eigenvalue weighted by atomic mass is 19.3. The van der Waals surface area contributed by atoms with E-state index in [1.54, 1.807) is 36.4 Å². The fourth-order valence-electron chi connectivity index (χ4n) is 3.95. The minimum absolute atomic E-state index is 0.121. The van der Waals surface area contributed by atoms with Crippen molar-refractivity contribution in [3.05, 3.63) is 42.0 Å². The van der Waals surface area contributed by atoms with Crippen LogP contribution in [0.1, 0.15) is 23.2 Å². The molecule has 0 atom stereocenters. The molecule has 3 aromatic rings. The fraction of sp³-hybridized carbons (Fsp3) is 0.364. The number of nitrogens with zero attached hydrogens (tertiary/aromatic N) is 3. The normalized spacial score (nSPS) is 17.9. The number of anilines is 3. The van der Waals surface area contributed by atoms with Gasteiger partial charge in [0.05, 0.1) is 18.8 Å². The third-order valence-corrected chi connectivity index (χ3v) is 5.61. The molecular weight excluding hydrogens is 406 g/mol. The SMILES string of the molecule is CN1CCOc2ccc(C(=O)Nc3ccc4oc(N5CCCC(F)(F)C5)nc4c3)cc21. The van der Waals surface area contributed by atoms with E-state index in [4.69, 9.17) is 9.15 Å². The highest BCUT2D eigenvalue weighted by Crippen LogP contribution is 2.33. The van der Waals surface area contributed by atoms with Gasteiger partial charge in [-0.3, -0.25) is 4.79 Å². The summed E-state index contributed by atoms with van der Waals surface area (Å²) in [6.45, 7) is 1.44. The summed E-state index contributed by atoms with van der Waals surface area (Å²) in [5.74, 6) is -2.25. The second-order valence-electron chi connectivity index (χ2n) is 7.97. The molecule has 2 aliphatic rings. The molecule has 1 saturated heterocycles. The maximum Gasteiger partial charge on any atom is 0.298 e. The Morgan fingerprint density at radius 1 is 1.19 bits per heavy atom. The van der Waals surface area contributed by atoms with E-state index in [-0.39, 0.29) is 18.3 Å². The molecule has 0 spiro atoms. The van der Waals surface area contributed by atoms with E-state index in [2.05, 4.69) is 10.3 Å². The van der Waals surface area contributed by atoms with Crippen LogP contribution in [-0.4, -0.2) is 50.1 Å². The van der Waals surface area contributed by atoms with Crippen LogP contribution in [-0.2, 0) is 0 Å². The second kappa shape index (κ2) is 7.40. The van der Waals surface area contributed by atoms with Crippen molar-refractivity contribution in [2.24, 2.45) is 0 Å². The maximum absolute atomic E-state index is 13.7. The lowest BCUT2D eigenvalue weighted by Crippen LogP contribution is -2.42. The van der Waals surface area contributed by atoms with Crippen molar-refractivity contribution in [2.75, 3.05) is 48.4 Å². The Bertz CT molecular complexity index is 1150. The number of carbonyl (C=O) groups excluding carboxylic acids is 1. The van der Waals surface area contributed by atoms with Crippen LogP contribution in [0.5, 0.6) is 5.75 Å². The lowest BCUT2D eigenvalue weighted by atomic mass is 10.1. The van der Waals surface area contributed by atoms with Gasteiger partial charge in [0, 0.05) is 31.3 Å². The van der Waals surface area contributed by atoms with Crippen LogP contribution in [0.25, 0.3) is 11.1 Å². The second-order valence-corrected chi connectivity index (χ2v) is 7.97. The minimum Gasteiger partial charge on any atom is -0.490 e. The highest BCUT2D eigenvalue weighted by Gasteiger charge is 2.36. The Morgan fingerprint density at radius 3 is 2.90 bits per heavy atom. The van der Waals surface area contributed by atoms with E-state index in [0.717, 1.165) is 18.0 Å². The maximum atomic E-state index is 13.7. The average Bonchev–Trinajstić information content (AvgIpc) is 3.17. The Balaban J connectivity index is 1.35.